The lowest BCUT2D eigenvalue weighted by molar-refractivity contribution is -0.122. The Hall–Kier alpha value is -2.60. The van der Waals surface area contributed by atoms with Crippen LogP contribution in [-0.4, -0.2) is 11.7 Å². The molecule has 0 bridgehead atoms. The van der Waals surface area contributed by atoms with Crippen LogP contribution in [0.15, 0.2) is 58.2 Å². The van der Waals surface area contributed by atoms with Gasteiger partial charge in [-0.05, 0) is 43.2 Å². The van der Waals surface area contributed by atoms with Crippen molar-refractivity contribution in [3.63, 3.8) is 0 Å². The average molecular weight is 410 g/mol. The molecule has 2 aromatic carbocycles. The molecule has 0 saturated heterocycles. The molecular formula is C20H16BrN3O2. The van der Waals surface area contributed by atoms with Gasteiger partial charge in [-0.25, -0.2) is 0 Å². The normalized spacial score (nSPS) is 23.4. The maximum Gasteiger partial charge on any atom is 0.259 e. The maximum absolute atomic E-state index is 13.3. The van der Waals surface area contributed by atoms with Crippen molar-refractivity contribution in [1.82, 2.24) is 0 Å². The molecule has 0 radical (unpaired) electrons. The van der Waals surface area contributed by atoms with Gasteiger partial charge in [-0.2, -0.15) is 0 Å². The number of carbonyl (C=O) groups excluding carboxylic acids is 2. The van der Waals surface area contributed by atoms with Crippen molar-refractivity contribution in [2.45, 2.75) is 24.8 Å². The standard InChI is InChI=1S/C20H16BrN3O2/c21-11-8-9-13-12(10-11)20(19(26)23-13)18-16(6-3-7-17(18)25)22-14-4-1-2-5-15(14)24-20/h1-2,4-5,8-10,22,24H,3,6-7H2,(H,23,26). The van der Waals surface area contributed by atoms with Crippen LogP contribution >= 0.6 is 15.9 Å². The second-order valence-electron chi connectivity index (χ2n) is 6.82. The number of allylic oxidation sites excluding steroid dienone is 1. The van der Waals surface area contributed by atoms with Crippen LogP contribution in [0, 0.1) is 0 Å². The van der Waals surface area contributed by atoms with E-state index in [0.717, 1.165) is 45.6 Å². The molecule has 5 rings (SSSR count). The fourth-order valence-corrected chi connectivity index (χ4v) is 4.54. The van der Waals surface area contributed by atoms with Gasteiger partial charge in [-0.1, -0.05) is 28.1 Å². The van der Waals surface area contributed by atoms with Crippen molar-refractivity contribution < 1.29 is 9.59 Å². The Balaban J connectivity index is 1.85. The minimum atomic E-state index is -1.22. The Morgan fingerprint density at radius 3 is 2.58 bits per heavy atom. The molecule has 3 N–H and O–H groups in total. The van der Waals surface area contributed by atoms with E-state index in [1.54, 1.807) is 0 Å². The van der Waals surface area contributed by atoms with Gasteiger partial charge >= 0.3 is 0 Å². The summed E-state index contributed by atoms with van der Waals surface area (Å²) in [7, 11) is 0. The van der Waals surface area contributed by atoms with Crippen LogP contribution in [-0.2, 0) is 15.1 Å². The molecule has 3 aliphatic rings. The summed E-state index contributed by atoms with van der Waals surface area (Å²) in [6.45, 7) is 0. The Morgan fingerprint density at radius 2 is 1.73 bits per heavy atom. The van der Waals surface area contributed by atoms with E-state index in [1.807, 2.05) is 42.5 Å². The predicted octanol–water partition coefficient (Wildman–Crippen LogP) is 4.14. The first-order chi connectivity index (χ1) is 12.6. The topological polar surface area (TPSA) is 70.2 Å². The number of fused-ring (bicyclic) bond motifs is 4. The van der Waals surface area contributed by atoms with E-state index >= 15 is 0 Å². The molecule has 1 aliphatic carbocycles. The van der Waals surface area contributed by atoms with E-state index in [-0.39, 0.29) is 11.7 Å². The van der Waals surface area contributed by atoms with E-state index < -0.39 is 5.54 Å². The van der Waals surface area contributed by atoms with Gasteiger partial charge < -0.3 is 16.0 Å². The number of anilines is 3. The smallest absolute Gasteiger partial charge is 0.259 e. The molecule has 2 heterocycles. The van der Waals surface area contributed by atoms with Crippen molar-refractivity contribution in [2.24, 2.45) is 0 Å². The number of benzene rings is 2. The van der Waals surface area contributed by atoms with Gasteiger partial charge in [0.15, 0.2) is 11.3 Å². The third-order valence-corrected chi connectivity index (χ3v) is 5.79. The largest absolute Gasteiger partial charge is 0.362 e. The number of hydrogen-bond donors (Lipinski definition) is 3. The summed E-state index contributed by atoms with van der Waals surface area (Å²) >= 11 is 3.51. The molecule has 1 amide bonds. The van der Waals surface area contributed by atoms with Crippen LogP contribution in [0.5, 0.6) is 0 Å². The van der Waals surface area contributed by atoms with Gasteiger partial charge in [0.1, 0.15) is 0 Å². The lowest BCUT2D eigenvalue weighted by atomic mass is 9.76. The average Bonchev–Trinajstić information content (AvgIpc) is 2.80. The highest BCUT2D eigenvalue weighted by Gasteiger charge is 2.54. The van der Waals surface area contributed by atoms with Gasteiger partial charge in [0.25, 0.3) is 5.91 Å². The quantitative estimate of drug-likeness (QED) is 0.611. The predicted molar refractivity (Wildman–Crippen MR) is 104 cm³/mol. The first kappa shape index (κ1) is 15.6. The van der Waals surface area contributed by atoms with Crippen LogP contribution in [0.25, 0.3) is 0 Å². The zero-order chi connectivity index (χ0) is 17.9. The number of Topliss-reactive ketones (excluding diaryl/α,β-unsaturated/α-hetero) is 1. The van der Waals surface area contributed by atoms with E-state index in [2.05, 4.69) is 31.9 Å². The van der Waals surface area contributed by atoms with Gasteiger partial charge in [0, 0.05) is 27.8 Å². The Kier molecular flexibility index (Phi) is 3.28. The number of halogens is 1. The van der Waals surface area contributed by atoms with Gasteiger partial charge in [-0.3, -0.25) is 9.59 Å². The SMILES string of the molecule is O=C1CCCC2=C1C1(Nc3ccccc3N2)C(=O)Nc2ccc(Br)cc21. The van der Waals surface area contributed by atoms with E-state index in [9.17, 15) is 9.59 Å². The number of nitrogens with one attached hydrogen (secondary N) is 3. The molecule has 2 aromatic rings. The molecule has 5 nitrogen and oxygen atoms in total. The molecule has 1 unspecified atom stereocenters. The van der Waals surface area contributed by atoms with Gasteiger partial charge in [0.05, 0.1) is 16.9 Å². The number of carbonyl (C=O) groups is 2. The third-order valence-electron chi connectivity index (χ3n) is 5.30. The van der Waals surface area contributed by atoms with Gasteiger partial charge in [-0.15, -0.1) is 0 Å². The minimum Gasteiger partial charge on any atom is -0.362 e. The Labute approximate surface area is 159 Å². The molecule has 0 fully saturated rings. The lowest BCUT2D eigenvalue weighted by Crippen LogP contribution is -2.47. The number of para-hydroxylation sites is 2. The molecule has 2 aliphatic heterocycles. The summed E-state index contributed by atoms with van der Waals surface area (Å²) in [5.41, 5.74) is 3.34. The highest BCUT2D eigenvalue weighted by Crippen LogP contribution is 2.50. The maximum atomic E-state index is 13.3. The van der Waals surface area contributed by atoms with Crippen molar-refractivity contribution in [2.75, 3.05) is 16.0 Å². The number of ketones is 1. The molecule has 1 spiro atoms. The van der Waals surface area contributed by atoms with Crippen molar-refractivity contribution >= 4 is 44.7 Å². The van der Waals surface area contributed by atoms with Crippen molar-refractivity contribution in [3.05, 3.63) is 63.8 Å². The Bertz CT molecular complexity index is 1010. The van der Waals surface area contributed by atoms with E-state index in [0.29, 0.717) is 12.0 Å². The number of rotatable bonds is 0. The van der Waals surface area contributed by atoms with Crippen LogP contribution < -0.4 is 16.0 Å². The Morgan fingerprint density at radius 1 is 0.923 bits per heavy atom. The summed E-state index contributed by atoms with van der Waals surface area (Å²) in [5.74, 6) is -0.200. The summed E-state index contributed by atoms with van der Waals surface area (Å²) in [5, 5.41) is 9.80. The van der Waals surface area contributed by atoms with E-state index in [4.69, 9.17) is 0 Å². The van der Waals surface area contributed by atoms with Crippen LogP contribution in [0.3, 0.4) is 0 Å². The zero-order valence-electron chi connectivity index (χ0n) is 13.9. The molecule has 6 heteroatoms. The first-order valence-electron chi connectivity index (χ1n) is 8.62. The second-order valence-corrected chi connectivity index (χ2v) is 7.74. The third kappa shape index (κ3) is 2.02. The van der Waals surface area contributed by atoms with Crippen molar-refractivity contribution in [3.8, 4) is 0 Å². The van der Waals surface area contributed by atoms with Crippen LogP contribution in [0.4, 0.5) is 17.1 Å². The lowest BCUT2D eigenvalue weighted by Gasteiger charge is -2.33. The van der Waals surface area contributed by atoms with Crippen molar-refractivity contribution in [1.29, 1.82) is 0 Å². The highest BCUT2D eigenvalue weighted by atomic mass is 79.9. The summed E-state index contributed by atoms with van der Waals surface area (Å²) < 4.78 is 0.866. The summed E-state index contributed by atoms with van der Waals surface area (Å²) in [4.78, 5) is 26.3. The van der Waals surface area contributed by atoms with Crippen LogP contribution in [0.1, 0.15) is 24.8 Å². The summed E-state index contributed by atoms with van der Waals surface area (Å²) in [6, 6.07) is 13.4. The molecule has 130 valence electrons. The molecule has 0 saturated carbocycles. The first-order valence-corrected chi connectivity index (χ1v) is 9.41. The van der Waals surface area contributed by atoms with Gasteiger partial charge in [0.2, 0.25) is 0 Å². The monoisotopic (exact) mass is 409 g/mol. The molecule has 0 aromatic heterocycles. The molecule has 26 heavy (non-hydrogen) atoms. The fourth-order valence-electron chi connectivity index (χ4n) is 4.18. The van der Waals surface area contributed by atoms with Crippen LogP contribution in [0.2, 0.25) is 0 Å². The summed E-state index contributed by atoms with van der Waals surface area (Å²) in [6.07, 6.45) is 1.99. The fraction of sp³-hybridized carbons (Fsp3) is 0.200. The number of hydrogen-bond acceptors (Lipinski definition) is 4. The highest BCUT2D eigenvalue weighted by molar-refractivity contribution is 9.10. The molecule has 1 atom stereocenters. The second kappa shape index (κ2) is 5.45. The van der Waals surface area contributed by atoms with E-state index in [1.165, 1.54) is 0 Å². The zero-order valence-corrected chi connectivity index (χ0v) is 15.4. The molecular weight excluding hydrogens is 394 g/mol. The number of amides is 1. The minimum absolute atomic E-state index is 0.0158.